The lowest BCUT2D eigenvalue weighted by molar-refractivity contribution is -0.274. The number of rotatable bonds is 5. The molecule has 26 heavy (non-hydrogen) atoms. The van der Waals surface area contributed by atoms with Crippen LogP contribution in [0.25, 0.3) is 21.6 Å². The van der Waals surface area contributed by atoms with Gasteiger partial charge in [0.2, 0.25) is 5.91 Å². The van der Waals surface area contributed by atoms with Crippen molar-refractivity contribution in [3.63, 3.8) is 0 Å². The highest BCUT2D eigenvalue weighted by molar-refractivity contribution is 7.16. The maximum atomic E-state index is 12.3. The molecule has 10 heteroatoms. The fourth-order valence-corrected chi connectivity index (χ4v) is 2.78. The number of nitrogens with zero attached hydrogens (tertiary/aromatic N) is 3. The molecule has 0 aliphatic carbocycles. The number of nitrogens with one attached hydrogen (secondary N) is 1. The first kappa shape index (κ1) is 16.5. The van der Waals surface area contributed by atoms with Gasteiger partial charge >= 0.3 is 6.36 Å². The first-order valence-electron chi connectivity index (χ1n) is 7.60. The molecule has 0 atom stereocenters. The van der Waals surface area contributed by atoms with E-state index >= 15 is 0 Å². The molecule has 0 saturated carbocycles. The highest BCUT2D eigenvalue weighted by Crippen LogP contribution is 2.30. The summed E-state index contributed by atoms with van der Waals surface area (Å²) >= 11 is 1.24. The van der Waals surface area contributed by atoms with Gasteiger partial charge in [0.25, 0.3) is 0 Å². The normalized spacial score (nSPS) is 11.9. The van der Waals surface area contributed by atoms with Crippen LogP contribution in [0.4, 0.5) is 13.2 Å². The average molecular weight is 381 g/mol. The summed E-state index contributed by atoms with van der Waals surface area (Å²) in [6, 6.07) is 5.17. The van der Waals surface area contributed by atoms with Crippen LogP contribution >= 0.6 is 11.3 Å². The largest absolute Gasteiger partial charge is 0.573 e. The fourth-order valence-electron chi connectivity index (χ4n) is 2.11. The molecule has 0 aliphatic rings. The number of fused-ring (bicyclic) bond motifs is 1. The number of carbonyl (C=O) groups is 1. The molecule has 0 radical (unpaired) electrons. The molecule has 1 N–H and O–H groups in total. The summed E-state index contributed by atoms with van der Waals surface area (Å²) in [7, 11) is 0. The molecule has 1 aromatic carbocycles. The molecule has 0 bridgehead atoms. The number of hydrogen-bond acceptors (Lipinski definition) is 6. The van der Waals surface area contributed by atoms with Gasteiger partial charge in [-0.05, 0) is 30.3 Å². The van der Waals surface area contributed by atoms with Crippen LogP contribution in [0.2, 0.25) is 1.41 Å². The van der Waals surface area contributed by atoms with Gasteiger partial charge in [0.1, 0.15) is 27.6 Å². The zero-order chi connectivity index (χ0) is 19.6. The molecular weight excluding hydrogens is 369 g/mol. The van der Waals surface area contributed by atoms with Gasteiger partial charge in [0.15, 0.2) is 1.41 Å². The van der Waals surface area contributed by atoms with E-state index in [0.29, 0.717) is 26.9 Å². The number of thiazole rings is 1. The summed E-state index contributed by atoms with van der Waals surface area (Å²) in [6.45, 7) is 3.13. The fraction of sp³-hybridized carbons (Fsp3) is 0.125. The van der Waals surface area contributed by atoms with Crippen LogP contribution in [0.3, 0.4) is 0 Å². The number of alkyl halides is 3. The molecule has 0 fully saturated rings. The molecule has 0 unspecified atom stereocenters. The first-order valence-corrected chi connectivity index (χ1v) is 8.04. The third-order valence-electron chi connectivity index (χ3n) is 3.16. The molecule has 134 valence electrons. The molecular formula is C16H11F3N4O2S. The highest BCUT2D eigenvalue weighted by Gasteiger charge is 2.31. The lowest BCUT2D eigenvalue weighted by Gasteiger charge is -2.10. The Kier molecular flexibility index (Phi) is 4.48. The molecule has 6 nitrogen and oxygen atoms in total. The third kappa shape index (κ3) is 4.14. The Morgan fingerprint density at radius 1 is 1.35 bits per heavy atom. The van der Waals surface area contributed by atoms with E-state index in [9.17, 15) is 18.0 Å². The molecule has 0 aliphatic heterocycles. The number of carbonyl (C=O) groups excluding carboxylic acids is 1. The number of amides is 1. The van der Waals surface area contributed by atoms with Gasteiger partial charge in [-0.2, -0.15) is 0 Å². The molecule has 0 spiro atoms. The SMILES string of the molecule is [2H]N(Cc1nc(-c2ccc(OC(F)(F)F)cc2)c2ncsc2n1)C(=O)C=C. The maximum Gasteiger partial charge on any atom is 0.573 e. The summed E-state index contributed by atoms with van der Waals surface area (Å²) in [6.07, 6.45) is -3.78. The minimum absolute atomic E-state index is 0.180. The summed E-state index contributed by atoms with van der Waals surface area (Å²) in [5.74, 6) is -0.773. The van der Waals surface area contributed by atoms with E-state index in [1.54, 1.807) is 5.51 Å². The van der Waals surface area contributed by atoms with Gasteiger partial charge in [-0.1, -0.05) is 6.58 Å². The van der Waals surface area contributed by atoms with Crippen molar-refractivity contribution >= 4 is 27.6 Å². The van der Waals surface area contributed by atoms with E-state index < -0.39 is 12.3 Å². The minimum atomic E-state index is -4.78. The Morgan fingerprint density at radius 3 is 2.73 bits per heavy atom. The summed E-state index contributed by atoms with van der Waals surface area (Å²) in [5.41, 5.74) is 2.91. The topological polar surface area (TPSA) is 77.0 Å². The Bertz CT molecular complexity index is 991. The number of aromatic nitrogens is 3. The van der Waals surface area contributed by atoms with E-state index in [1.807, 2.05) is 0 Å². The number of halogens is 3. The molecule has 1 amide bonds. The van der Waals surface area contributed by atoms with Crippen molar-refractivity contribution in [2.75, 3.05) is 0 Å². The predicted octanol–water partition coefficient (Wildman–Crippen LogP) is 3.45. The van der Waals surface area contributed by atoms with Crippen LogP contribution in [0.1, 0.15) is 5.82 Å². The number of ether oxygens (including phenoxy) is 1. The van der Waals surface area contributed by atoms with Crippen molar-refractivity contribution in [3.05, 3.63) is 48.3 Å². The summed E-state index contributed by atoms with van der Waals surface area (Å²) in [5, 5.41) is 0.652. The Hall–Kier alpha value is -3.01. The molecule has 2 heterocycles. The number of hydrogen-bond donors (Lipinski definition) is 1. The average Bonchev–Trinajstić information content (AvgIpc) is 3.08. The molecule has 2 aromatic heterocycles. The zero-order valence-electron chi connectivity index (χ0n) is 14.0. The van der Waals surface area contributed by atoms with E-state index in [0.717, 1.165) is 6.08 Å². The van der Waals surface area contributed by atoms with Crippen LogP contribution in [0.5, 0.6) is 5.75 Å². The predicted molar refractivity (Wildman–Crippen MR) is 89.4 cm³/mol. The van der Waals surface area contributed by atoms with E-state index in [4.69, 9.17) is 1.41 Å². The van der Waals surface area contributed by atoms with Crippen molar-refractivity contribution < 1.29 is 24.1 Å². The van der Waals surface area contributed by atoms with E-state index in [1.165, 1.54) is 35.6 Å². The lowest BCUT2D eigenvalue weighted by Crippen LogP contribution is -2.21. The number of benzene rings is 1. The monoisotopic (exact) mass is 381 g/mol. The molecule has 3 rings (SSSR count). The quantitative estimate of drug-likeness (QED) is 0.685. The van der Waals surface area contributed by atoms with Gasteiger partial charge in [0.05, 0.1) is 12.1 Å². The summed E-state index contributed by atoms with van der Waals surface area (Å²) < 4.78 is 48.4. The van der Waals surface area contributed by atoms with Crippen LogP contribution in [-0.2, 0) is 11.3 Å². The van der Waals surface area contributed by atoms with E-state index in [-0.39, 0.29) is 18.1 Å². The van der Waals surface area contributed by atoms with Gasteiger partial charge in [0, 0.05) is 5.56 Å². The highest BCUT2D eigenvalue weighted by atomic mass is 32.1. The Morgan fingerprint density at radius 2 is 2.08 bits per heavy atom. The second kappa shape index (κ2) is 7.08. The Labute approximate surface area is 150 Å². The van der Waals surface area contributed by atoms with Gasteiger partial charge < -0.3 is 10.0 Å². The van der Waals surface area contributed by atoms with Crippen molar-refractivity contribution in [3.8, 4) is 17.0 Å². The Balaban J connectivity index is 1.97. The maximum absolute atomic E-state index is 12.3. The van der Waals surface area contributed by atoms with Crippen LogP contribution in [0.15, 0.2) is 42.4 Å². The van der Waals surface area contributed by atoms with Gasteiger partial charge in [-0.25, -0.2) is 15.0 Å². The van der Waals surface area contributed by atoms with Crippen molar-refractivity contribution in [1.29, 1.82) is 0 Å². The van der Waals surface area contributed by atoms with Crippen molar-refractivity contribution in [2.24, 2.45) is 0 Å². The first-order chi connectivity index (χ1) is 12.8. The van der Waals surface area contributed by atoms with Crippen molar-refractivity contribution in [1.82, 2.24) is 20.3 Å². The molecule has 0 saturated heterocycles. The molecule has 3 aromatic rings. The van der Waals surface area contributed by atoms with Crippen LogP contribution < -0.4 is 10.0 Å². The lowest BCUT2D eigenvalue weighted by atomic mass is 10.1. The van der Waals surface area contributed by atoms with Crippen LogP contribution in [0, 0.1) is 0 Å². The van der Waals surface area contributed by atoms with Crippen LogP contribution in [-0.4, -0.2) is 27.2 Å². The second-order valence-electron chi connectivity index (χ2n) is 4.93. The third-order valence-corrected chi connectivity index (χ3v) is 3.88. The van der Waals surface area contributed by atoms with Crippen molar-refractivity contribution in [2.45, 2.75) is 12.9 Å². The summed E-state index contributed by atoms with van der Waals surface area (Å²) in [4.78, 5) is 24.8. The smallest absolute Gasteiger partial charge is 0.406 e. The second-order valence-corrected chi connectivity index (χ2v) is 5.76. The zero-order valence-corrected chi connectivity index (χ0v) is 13.8. The van der Waals surface area contributed by atoms with E-state index in [2.05, 4.69) is 26.3 Å². The van der Waals surface area contributed by atoms with Gasteiger partial charge in [-0.15, -0.1) is 24.5 Å². The minimum Gasteiger partial charge on any atom is -0.406 e. The standard InChI is InChI=1S/C16H11F3N4O2S/c1-2-12(24)20-7-11-22-13(14-15(23-11)26-8-21-14)9-3-5-10(6-4-9)25-16(17,18)19/h2-6,8H,1,7H2,(H,20,24)/i/hD. The van der Waals surface area contributed by atoms with Gasteiger partial charge in [-0.3, -0.25) is 4.79 Å².